The Morgan fingerprint density at radius 2 is 1.73 bits per heavy atom. The number of hydrogen-bond donors (Lipinski definition) is 0. The first kappa shape index (κ1) is 23.3. The van der Waals surface area contributed by atoms with Gasteiger partial charge in [0.05, 0.1) is 45.0 Å². The van der Waals surface area contributed by atoms with E-state index in [1.54, 1.807) is 16.2 Å². The lowest BCUT2D eigenvalue weighted by atomic mass is 10.1. The van der Waals surface area contributed by atoms with E-state index in [1.165, 1.54) is 11.3 Å². The largest absolute Gasteiger partial charge is 0.494 e. The summed E-state index contributed by atoms with van der Waals surface area (Å²) in [5.74, 6) is 0.691. The third-order valence-corrected chi connectivity index (χ3v) is 7.97. The van der Waals surface area contributed by atoms with Gasteiger partial charge in [-0.1, -0.05) is 65.9 Å². The van der Waals surface area contributed by atoms with Crippen LogP contribution in [-0.2, 0) is 6.54 Å². The fraction of sp³-hybridized carbons (Fsp3) is 0.100. The predicted octanol–water partition coefficient (Wildman–Crippen LogP) is 7.82. The molecule has 37 heavy (non-hydrogen) atoms. The first-order valence-corrected chi connectivity index (χ1v) is 13.7. The molecule has 0 unspecified atom stereocenters. The van der Waals surface area contributed by atoms with Gasteiger partial charge in [0, 0.05) is 5.39 Å². The molecule has 182 valence electrons. The standard InChI is InChI=1S/C30H23N3O2S2/c1-2-35-21-14-15-25-28(17-21)37-30(32-25)33(19-20-9-4-3-5-10-20)29(34)23-18-26(27-13-8-16-36-27)31-24-12-7-6-11-22(23)24/h3-18H,2,19H2,1H3. The van der Waals surface area contributed by atoms with Crippen LogP contribution in [0.4, 0.5) is 5.13 Å². The summed E-state index contributed by atoms with van der Waals surface area (Å²) < 4.78 is 6.66. The van der Waals surface area contributed by atoms with Crippen LogP contribution in [-0.4, -0.2) is 22.5 Å². The van der Waals surface area contributed by atoms with Crippen LogP contribution in [0.5, 0.6) is 5.75 Å². The van der Waals surface area contributed by atoms with E-state index in [-0.39, 0.29) is 5.91 Å². The maximum absolute atomic E-state index is 14.4. The molecule has 3 aromatic heterocycles. The highest BCUT2D eigenvalue weighted by molar-refractivity contribution is 7.22. The zero-order chi connectivity index (χ0) is 25.2. The van der Waals surface area contributed by atoms with E-state index in [1.807, 2.05) is 103 Å². The van der Waals surface area contributed by atoms with E-state index in [0.29, 0.717) is 23.8 Å². The molecule has 0 saturated carbocycles. The Labute approximate surface area is 222 Å². The van der Waals surface area contributed by atoms with Gasteiger partial charge in [-0.25, -0.2) is 9.97 Å². The first-order chi connectivity index (χ1) is 18.2. The molecule has 0 atom stereocenters. The predicted molar refractivity (Wildman–Crippen MR) is 153 cm³/mol. The number of fused-ring (bicyclic) bond motifs is 2. The van der Waals surface area contributed by atoms with E-state index in [9.17, 15) is 4.79 Å². The van der Waals surface area contributed by atoms with Crippen molar-refractivity contribution in [2.75, 3.05) is 11.5 Å². The second-order valence-electron chi connectivity index (χ2n) is 8.49. The molecule has 1 amide bonds. The van der Waals surface area contributed by atoms with E-state index >= 15 is 0 Å². The fourth-order valence-corrected chi connectivity index (χ4v) is 5.98. The van der Waals surface area contributed by atoms with E-state index in [0.717, 1.165) is 43.0 Å². The van der Waals surface area contributed by atoms with E-state index in [2.05, 4.69) is 0 Å². The number of thiophene rings is 1. The van der Waals surface area contributed by atoms with E-state index in [4.69, 9.17) is 14.7 Å². The molecule has 6 rings (SSSR count). The number of nitrogens with zero attached hydrogens (tertiary/aromatic N) is 3. The molecule has 0 spiro atoms. The number of aromatic nitrogens is 2. The number of hydrogen-bond acceptors (Lipinski definition) is 6. The monoisotopic (exact) mass is 521 g/mol. The Balaban J connectivity index is 1.49. The Hall–Kier alpha value is -4.07. The van der Waals surface area contributed by atoms with Crippen molar-refractivity contribution in [1.82, 2.24) is 9.97 Å². The maximum Gasteiger partial charge on any atom is 0.261 e. The molecule has 3 heterocycles. The average Bonchev–Trinajstić information content (AvgIpc) is 3.62. The Bertz CT molecular complexity index is 1700. The lowest BCUT2D eigenvalue weighted by Gasteiger charge is -2.21. The van der Waals surface area contributed by atoms with Gasteiger partial charge in [-0.15, -0.1) is 11.3 Å². The van der Waals surface area contributed by atoms with Crippen LogP contribution < -0.4 is 9.64 Å². The minimum Gasteiger partial charge on any atom is -0.494 e. The Morgan fingerprint density at radius 1 is 0.892 bits per heavy atom. The van der Waals surface area contributed by atoms with Crippen LogP contribution in [0.3, 0.4) is 0 Å². The Morgan fingerprint density at radius 3 is 2.54 bits per heavy atom. The minimum absolute atomic E-state index is 0.107. The van der Waals surface area contributed by atoms with Crippen molar-refractivity contribution in [3.05, 3.63) is 108 Å². The highest BCUT2D eigenvalue weighted by Crippen LogP contribution is 2.35. The zero-order valence-electron chi connectivity index (χ0n) is 20.1. The molecule has 0 aliphatic heterocycles. The molecule has 0 fully saturated rings. The molecule has 0 aliphatic carbocycles. The highest BCUT2D eigenvalue weighted by Gasteiger charge is 2.25. The van der Waals surface area contributed by atoms with E-state index < -0.39 is 0 Å². The quantitative estimate of drug-likeness (QED) is 0.215. The molecule has 0 saturated heterocycles. The number of amides is 1. The molecule has 6 aromatic rings. The van der Waals surface area contributed by atoms with Crippen molar-refractivity contribution in [1.29, 1.82) is 0 Å². The first-order valence-electron chi connectivity index (χ1n) is 12.0. The summed E-state index contributed by atoms with van der Waals surface area (Å²) in [7, 11) is 0. The molecule has 5 nitrogen and oxygen atoms in total. The molecule has 0 N–H and O–H groups in total. The number of para-hydroxylation sites is 1. The lowest BCUT2D eigenvalue weighted by molar-refractivity contribution is 0.0986. The molecule has 0 aliphatic rings. The van der Waals surface area contributed by atoms with Gasteiger partial charge in [-0.2, -0.15) is 0 Å². The number of thiazole rings is 1. The zero-order valence-corrected chi connectivity index (χ0v) is 21.8. The van der Waals surface area contributed by atoms with Gasteiger partial charge in [0.1, 0.15) is 5.75 Å². The van der Waals surface area contributed by atoms with Crippen molar-refractivity contribution in [2.24, 2.45) is 0 Å². The minimum atomic E-state index is -0.107. The van der Waals surface area contributed by atoms with Crippen LogP contribution >= 0.6 is 22.7 Å². The second-order valence-corrected chi connectivity index (χ2v) is 10.4. The number of benzene rings is 3. The van der Waals surface area contributed by atoms with Gasteiger partial charge in [-0.3, -0.25) is 9.69 Å². The summed E-state index contributed by atoms with van der Waals surface area (Å²) in [6.07, 6.45) is 0. The van der Waals surface area contributed by atoms with Crippen molar-refractivity contribution in [2.45, 2.75) is 13.5 Å². The summed E-state index contributed by atoms with van der Waals surface area (Å²) in [4.78, 5) is 26.9. The van der Waals surface area contributed by atoms with Crippen molar-refractivity contribution >= 4 is 54.8 Å². The molecule has 0 radical (unpaired) electrons. The van der Waals surface area contributed by atoms with Crippen LogP contribution in [0.2, 0.25) is 0 Å². The second kappa shape index (κ2) is 10.1. The third-order valence-electron chi connectivity index (χ3n) is 6.04. The van der Waals surface area contributed by atoms with Gasteiger partial charge >= 0.3 is 0 Å². The molecule has 3 aromatic carbocycles. The number of ether oxygens (including phenoxy) is 1. The summed E-state index contributed by atoms with van der Waals surface area (Å²) in [6.45, 7) is 2.96. The van der Waals surface area contributed by atoms with Gasteiger partial charge in [-0.05, 0) is 54.3 Å². The molecular weight excluding hydrogens is 498 g/mol. The third kappa shape index (κ3) is 4.71. The van der Waals surface area contributed by atoms with Crippen molar-refractivity contribution in [3.8, 4) is 16.3 Å². The van der Waals surface area contributed by atoms with Crippen LogP contribution in [0.15, 0.2) is 96.4 Å². The fourth-order valence-electron chi connectivity index (χ4n) is 4.31. The number of carbonyl (C=O) groups is 1. The number of anilines is 1. The topological polar surface area (TPSA) is 55.3 Å². The maximum atomic E-state index is 14.4. The lowest BCUT2D eigenvalue weighted by Crippen LogP contribution is -2.30. The van der Waals surface area contributed by atoms with Crippen molar-refractivity contribution < 1.29 is 9.53 Å². The Kier molecular flexibility index (Phi) is 6.39. The van der Waals surface area contributed by atoms with Gasteiger partial charge in [0.2, 0.25) is 0 Å². The molecular formula is C30H23N3O2S2. The van der Waals surface area contributed by atoms with Crippen LogP contribution in [0.1, 0.15) is 22.8 Å². The summed E-state index contributed by atoms with van der Waals surface area (Å²) in [5.41, 5.74) is 4.07. The number of rotatable bonds is 7. The molecule has 7 heteroatoms. The van der Waals surface area contributed by atoms with Gasteiger partial charge in [0.15, 0.2) is 5.13 Å². The highest BCUT2D eigenvalue weighted by atomic mass is 32.1. The summed E-state index contributed by atoms with van der Waals surface area (Å²) >= 11 is 3.11. The smallest absolute Gasteiger partial charge is 0.261 e. The normalized spacial score (nSPS) is 11.2. The molecule has 0 bridgehead atoms. The summed E-state index contributed by atoms with van der Waals surface area (Å²) in [6, 6.07) is 29.6. The summed E-state index contributed by atoms with van der Waals surface area (Å²) in [5, 5.41) is 3.49. The van der Waals surface area contributed by atoms with Crippen molar-refractivity contribution in [3.63, 3.8) is 0 Å². The van der Waals surface area contributed by atoms with Crippen LogP contribution in [0.25, 0.3) is 31.7 Å². The van der Waals surface area contributed by atoms with Gasteiger partial charge < -0.3 is 4.74 Å². The van der Waals surface area contributed by atoms with Crippen LogP contribution in [0, 0.1) is 0 Å². The van der Waals surface area contributed by atoms with Gasteiger partial charge in [0.25, 0.3) is 5.91 Å². The number of pyridine rings is 1. The average molecular weight is 522 g/mol. The SMILES string of the molecule is CCOc1ccc2nc(N(Cc3ccccc3)C(=O)c3cc(-c4cccs4)nc4ccccc34)sc2c1. The number of carbonyl (C=O) groups excluding carboxylic acids is 1.